The molecule has 1 aliphatic heterocycles. The Morgan fingerprint density at radius 1 is 1.56 bits per heavy atom. The highest BCUT2D eigenvalue weighted by Gasteiger charge is 2.39. The molecule has 1 atom stereocenters. The molecule has 0 aliphatic carbocycles. The first-order valence-electron chi connectivity index (χ1n) is 5.59. The molecule has 1 saturated heterocycles. The van der Waals surface area contributed by atoms with E-state index in [0.29, 0.717) is 23.9 Å². The van der Waals surface area contributed by atoms with Crippen LogP contribution in [0.2, 0.25) is 5.02 Å². The summed E-state index contributed by atoms with van der Waals surface area (Å²) in [5, 5.41) is 0.606. The molecule has 1 aromatic rings. The van der Waals surface area contributed by atoms with E-state index < -0.39 is 11.3 Å². The molecule has 0 amide bonds. The smallest absolute Gasteiger partial charge is 0.238 e. The molecule has 0 saturated carbocycles. The molecule has 100 valence electrons. The molecule has 2 rings (SSSR count). The predicted molar refractivity (Wildman–Crippen MR) is 71.7 cm³/mol. The van der Waals surface area contributed by atoms with Gasteiger partial charge in [-0.05, 0) is 31.5 Å². The van der Waals surface area contributed by atoms with Crippen LogP contribution in [0.5, 0.6) is 5.75 Å². The van der Waals surface area contributed by atoms with Gasteiger partial charge in [-0.15, -0.1) is 0 Å². The van der Waals surface area contributed by atoms with Crippen molar-refractivity contribution < 1.29 is 13.1 Å². The van der Waals surface area contributed by atoms with Gasteiger partial charge >= 0.3 is 0 Å². The maximum Gasteiger partial charge on any atom is 0.238 e. The van der Waals surface area contributed by atoms with Gasteiger partial charge in [-0.25, -0.2) is 4.21 Å². The quantitative estimate of drug-likeness (QED) is 0.858. The van der Waals surface area contributed by atoms with Crippen molar-refractivity contribution in [3.63, 3.8) is 0 Å². The first-order chi connectivity index (χ1) is 8.44. The number of ether oxygens (including phenoxy) is 1. The molecule has 4 nitrogen and oxygen atoms in total. The van der Waals surface area contributed by atoms with Gasteiger partial charge in [0.1, 0.15) is 5.75 Å². The number of halogens is 1. The fourth-order valence-corrected chi connectivity index (χ4v) is 3.18. The van der Waals surface area contributed by atoms with E-state index in [0.717, 1.165) is 5.56 Å². The molecule has 1 heterocycles. The molecule has 1 unspecified atom stereocenters. The van der Waals surface area contributed by atoms with Crippen molar-refractivity contribution in [3.8, 4) is 5.75 Å². The first-order valence-corrected chi connectivity index (χ1v) is 7.00. The summed E-state index contributed by atoms with van der Waals surface area (Å²) < 4.78 is 23.8. The van der Waals surface area contributed by atoms with Crippen molar-refractivity contribution in [2.45, 2.75) is 25.9 Å². The van der Waals surface area contributed by atoms with Gasteiger partial charge in [-0.3, -0.25) is 4.18 Å². The minimum Gasteiger partial charge on any atom is -0.497 e. The van der Waals surface area contributed by atoms with Gasteiger partial charge in [0, 0.05) is 11.6 Å². The number of nitrogens with zero attached hydrogens (tertiary/aromatic N) is 1. The molecule has 18 heavy (non-hydrogen) atoms. The van der Waals surface area contributed by atoms with E-state index in [2.05, 4.69) is 0 Å². The molecule has 1 aromatic carbocycles. The van der Waals surface area contributed by atoms with E-state index in [1.807, 2.05) is 26.0 Å². The number of hydrogen-bond acceptors (Lipinski definition) is 3. The fraction of sp³-hybridized carbons (Fsp3) is 0.500. The van der Waals surface area contributed by atoms with Crippen LogP contribution in [-0.2, 0) is 22.0 Å². The lowest BCUT2D eigenvalue weighted by Crippen LogP contribution is -2.39. The summed E-state index contributed by atoms with van der Waals surface area (Å²) >= 11 is 4.78. The number of hydrogen-bond donors (Lipinski definition) is 0. The van der Waals surface area contributed by atoms with Crippen molar-refractivity contribution in [2.75, 3.05) is 13.7 Å². The van der Waals surface area contributed by atoms with Crippen LogP contribution in [0, 0.1) is 0 Å². The minimum absolute atomic E-state index is 0.256. The largest absolute Gasteiger partial charge is 0.497 e. The average molecular weight is 290 g/mol. The van der Waals surface area contributed by atoms with Gasteiger partial charge in [0.05, 0.1) is 19.3 Å². The van der Waals surface area contributed by atoms with Crippen LogP contribution in [0.4, 0.5) is 0 Å². The second-order valence-electron chi connectivity index (χ2n) is 4.79. The summed E-state index contributed by atoms with van der Waals surface area (Å²) in [4.78, 5) is 0. The number of rotatable bonds is 3. The zero-order valence-corrected chi connectivity index (χ0v) is 12.2. The molecular weight excluding hydrogens is 274 g/mol. The zero-order valence-electron chi connectivity index (χ0n) is 10.6. The van der Waals surface area contributed by atoms with Crippen molar-refractivity contribution in [1.82, 2.24) is 4.31 Å². The van der Waals surface area contributed by atoms with Crippen molar-refractivity contribution in [2.24, 2.45) is 0 Å². The molecule has 0 spiro atoms. The van der Waals surface area contributed by atoms with Gasteiger partial charge in [0.25, 0.3) is 0 Å². The Morgan fingerprint density at radius 2 is 2.28 bits per heavy atom. The molecule has 1 aliphatic rings. The second-order valence-corrected chi connectivity index (χ2v) is 6.30. The Labute approximate surface area is 115 Å². The molecule has 1 fully saturated rings. The van der Waals surface area contributed by atoms with Gasteiger partial charge in [0.15, 0.2) is 0 Å². The van der Waals surface area contributed by atoms with Crippen LogP contribution in [0.3, 0.4) is 0 Å². The molecule has 0 bridgehead atoms. The summed E-state index contributed by atoms with van der Waals surface area (Å²) in [5.74, 6) is 0.710. The fourth-order valence-electron chi connectivity index (χ4n) is 1.74. The maximum atomic E-state index is 11.8. The van der Waals surface area contributed by atoms with E-state index in [-0.39, 0.29) is 5.54 Å². The SMILES string of the molecule is COc1ccc(CN2S(=O)OCC2(C)C)c(Cl)c1. The van der Waals surface area contributed by atoms with Crippen LogP contribution in [0.1, 0.15) is 19.4 Å². The standard InChI is InChI=1S/C12H16ClNO3S/c1-12(2)8-17-18(15)14(12)7-9-4-5-10(16-3)6-11(9)13/h4-6H,7-8H2,1-3H3. The first kappa shape index (κ1) is 13.8. The van der Waals surface area contributed by atoms with E-state index in [9.17, 15) is 4.21 Å². The molecule has 0 aromatic heterocycles. The highest BCUT2D eigenvalue weighted by molar-refractivity contribution is 7.78. The second kappa shape index (κ2) is 5.17. The summed E-state index contributed by atoms with van der Waals surface area (Å²) in [6.07, 6.45) is 0. The minimum atomic E-state index is -1.40. The topological polar surface area (TPSA) is 38.8 Å². The third-order valence-corrected chi connectivity index (χ3v) is 4.60. The highest BCUT2D eigenvalue weighted by atomic mass is 35.5. The molecule has 0 radical (unpaired) electrons. The van der Waals surface area contributed by atoms with Gasteiger partial charge in [-0.2, -0.15) is 4.31 Å². The lowest BCUT2D eigenvalue weighted by atomic mass is 10.1. The summed E-state index contributed by atoms with van der Waals surface area (Å²) in [5.41, 5.74) is 0.651. The van der Waals surface area contributed by atoms with Crippen LogP contribution in [0.25, 0.3) is 0 Å². The molecular formula is C12H16ClNO3S. The van der Waals surface area contributed by atoms with E-state index >= 15 is 0 Å². The zero-order chi connectivity index (χ0) is 13.3. The average Bonchev–Trinajstić information content (AvgIpc) is 2.58. The molecule has 6 heteroatoms. The summed E-state index contributed by atoms with van der Waals surface area (Å²) in [6, 6.07) is 5.48. The van der Waals surface area contributed by atoms with E-state index in [1.165, 1.54) is 0 Å². The summed E-state index contributed by atoms with van der Waals surface area (Å²) in [6.45, 7) is 4.93. The van der Waals surface area contributed by atoms with Crippen LogP contribution < -0.4 is 4.74 Å². The summed E-state index contributed by atoms with van der Waals surface area (Å²) in [7, 11) is 1.60. The van der Waals surface area contributed by atoms with E-state index in [1.54, 1.807) is 17.5 Å². The lowest BCUT2D eigenvalue weighted by molar-refractivity contribution is 0.220. The Morgan fingerprint density at radius 3 is 2.78 bits per heavy atom. The van der Waals surface area contributed by atoms with Crippen molar-refractivity contribution >= 4 is 22.9 Å². The van der Waals surface area contributed by atoms with Crippen LogP contribution in [0.15, 0.2) is 18.2 Å². The third kappa shape index (κ3) is 2.69. The Kier molecular flexibility index (Phi) is 3.96. The predicted octanol–water partition coefficient (Wildman–Crippen LogP) is 2.54. The Balaban J connectivity index is 2.21. The molecule has 0 N–H and O–H groups in total. The Hall–Kier alpha value is -0.620. The lowest BCUT2D eigenvalue weighted by Gasteiger charge is -2.26. The van der Waals surface area contributed by atoms with Gasteiger partial charge in [-0.1, -0.05) is 17.7 Å². The van der Waals surface area contributed by atoms with Crippen molar-refractivity contribution in [1.29, 1.82) is 0 Å². The van der Waals surface area contributed by atoms with E-state index in [4.69, 9.17) is 20.5 Å². The van der Waals surface area contributed by atoms with Gasteiger partial charge < -0.3 is 4.74 Å². The van der Waals surface area contributed by atoms with Crippen molar-refractivity contribution in [3.05, 3.63) is 28.8 Å². The normalized spacial score (nSPS) is 23.2. The maximum absolute atomic E-state index is 11.8. The highest BCUT2D eigenvalue weighted by Crippen LogP contribution is 2.30. The Bertz CT molecular complexity index is 478. The third-order valence-electron chi connectivity index (χ3n) is 2.94. The monoisotopic (exact) mass is 289 g/mol. The van der Waals surface area contributed by atoms with Gasteiger partial charge in [0.2, 0.25) is 11.3 Å². The number of methoxy groups -OCH3 is 1. The number of benzene rings is 1. The van der Waals surface area contributed by atoms with Crippen LogP contribution in [-0.4, -0.2) is 27.8 Å². The van der Waals surface area contributed by atoms with Crippen LogP contribution >= 0.6 is 11.6 Å².